The van der Waals surface area contributed by atoms with Gasteiger partial charge in [0.1, 0.15) is 23.2 Å². The lowest BCUT2D eigenvalue weighted by molar-refractivity contribution is -0.00876. The standard InChI is InChI=1S/C36H42N8O4/c1-36(2,3)48-35(45)41-11-9-24(10-12-41)23-47-30-14-31(34-27(15-37)18-40-44(34)22-30)26-6-7-32(38-17-26)42-20-28-13-29(21-42)43(28)19-25-5-8-33(46-4)39-16-25/h5-8,14,16-18,22,24,28-29H,9-13,19-21,23H2,1-4H3. The molecule has 8 heterocycles. The zero-order chi connectivity index (χ0) is 33.4. The number of aromatic nitrogens is 4. The van der Waals surface area contributed by atoms with E-state index in [1.165, 1.54) is 12.0 Å². The molecule has 8 rings (SSSR count). The average Bonchev–Trinajstić information content (AvgIpc) is 3.52. The third kappa shape index (κ3) is 6.60. The van der Waals surface area contributed by atoms with Crippen LogP contribution in [-0.2, 0) is 11.3 Å². The molecule has 4 saturated heterocycles. The minimum absolute atomic E-state index is 0.259. The Bertz CT molecular complexity index is 1790. The summed E-state index contributed by atoms with van der Waals surface area (Å²) < 4.78 is 18.8. The van der Waals surface area contributed by atoms with E-state index in [1.54, 1.807) is 22.7 Å². The van der Waals surface area contributed by atoms with Gasteiger partial charge < -0.3 is 24.0 Å². The first-order valence-corrected chi connectivity index (χ1v) is 16.7. The highest BCUT2D eigenvalue weighted by molar-refractivity contribution is 5.85. The Balaban J connectivity index is 1.01. The second kappa shape index (κ2) is 13.0. The number of piperazine rings is 1. The summed E-state index contributed by atoms with van der Waals surface area (Å²) >= 11 is 0. The van der Waals surface area contributed by atoms with E-state index >= 15 is 0 Å². The largest absolute Gasteiger partial charge is 0.492 e. The van der Waals surface area contributed by atoms with E-state index in [0.717, 1.165) is 54.9 Å². The number of nitrogens with zero attached hydrogens (tertiary/aromatic N) is 8. The number of ether oxygens (including phenoxy) is 3. The van der Waals surface area contributed by atoms with Crippen LogP contribution in [0.15, 0.2) is 55.1 Å². The Kier molecular flexibility index (Phi) is 8.56. The smallest absolute Gasteiger partial charge is 0.410 e. The van der Waals surface area contributed by atoms with Crippen LogP contribution >= 0.6 is 0 Å². The van der Waals surface area contributed by atoms with Crippen molar-refractivity contribution >= 4 is 17.4 Å². The quantitative estimate of drug-likeness (QED) is 0.253. The number of likely N-dealkylation sites (tertiary alicyclic amines) is 1. The number of hydrogen-bond acceptors (Lipinski definition) is 10. The number of nitriles is 1. The molecule has 2 unspecified atom stereocenters. The summed E-state index contributed by atoms with van der Waals surface area (Å²) in [5.41, 5.74) is 3.66. The predicted molar refractivity (Wildman–Crippen MR) is 180 cm³/mol. The zero-order valence-electron chi connectivity index (χ0n) is 28.0. The molecule has 12 nitrogen and oxygen atoms in total. The molecule has 0 aliphatic carbocycles. The lowest BCUT2D eigenvalue weighted by Gasteiger charge is -2.56. The lowest BCUT2D eigenvalue weighted by Crippen LogP contribution is -2.68. The molecule has 0 saturated carbocycles. The third-order valence-corrected chi connectivity index (χ3v) is 9.56. The first-order chi connectivity index (χ1) is 23.2. The highest BCUT2D eigenvalue weighted by Gasteiger charge is 2.44. The van der Waals surface area contributed by atoms with Gasteiger partial charge in [-0.1, -0.05) is 6.07 Å². The van der Waals surface area contributed by atoms with Gasteiger partial charge in [-0.3, -0.25) is 4.90 Å². The molecule has 48 heavy (non-hydrogen) atoms. The molecule has 2 bridgehead atoms. The Hall–Kier alpha value is -4.89. The molecule has 0 aromatic carbocycles. The predicted octanol–water partition coefficient (Wildman–Crippen LogP) is 5.16. The summed E-state index contributed by atoms with van der Waals surface area (Å²) in [6, 6.07) is 13.4. The zero-order valence-corrected chi connectivity index (χ0v) is 28.0. The number of carbonyl (C=O) groups excluding carboxylic acids is 1. The fourth-order valence-corrected chi connectivity index (χ4v) is 7.00. The Morgan fingerprint density at radius 1 is 1.04 bits per heavy atom. The van der Waals surface area contributed by atoms with Gasteiger partial charge in [0, 0.05) is 74.4 Å². The van der Waals surface area contributed by atoms with Gasteiger partial charge >= 0.3 is 6.09 Å². The summed E-state index contributed by atoms with van der Waals surface area (Å²) in [5.74, 6) is 2.58. The molecule has 0 N–H and O–H groups in total. The van der Waals surface area contributed by atoms with E-state index in [-0.39, 0.29) is 6.09 Å². The first-order valence-electron chi connectivity index (χ1n) is 16.7. The summed E-state index contributed by atoms with van der Waals surface area (Å²) in [5, 5.41) is 14.3. The molecule has 2 atom stereocenters. The van der Waals surface area contributed by atoms with Crippen LogP contribution in [0.4, 0.5) is 10.6 Å². The number of carbonyl (C=O) groups is 1. The minimum Gasteiger partial charge on any atom is -0.492 e. The molecule has 4 aliphatic rings. The van der Waals surface area contributed by atoms with Gasteiger partial charge in [0.05, 0.1) is 37.2 Å². The molecule has 0 spiro atoms. The van der Waals surface area contributed by atoms with Crippen LogP contribution in [-0.4, -0.2) is 93.1 Å². The normalized spacial score (nSPS) is 19.9. The van der Waals surface area contributed by atoms with Crippen molar-refractivity contribution in [1.29, 1.82) is 5.26 Å². The number of hydrogen-bond donors (Lipinski definition) is 0. The van der Waals surface area contributed by atoms with Gasteiger partial charge in [-0.25, -0.2) is 19.3 Å². The van der Waals surface area contributed by atoms with E-state index in [9.17, 15) is 10.1 Å². The number of amides is 1. The van der Waals surface area contributed by atoms with Gasteiger partial charge in [0.25, 0.3) is 0 Å². The molecule has 4 fully saturated rings. The number of pyridine rings is 3. The van der Waals surface area contributed by atoms with E-state index < -0.39 is 5.60 Å². The highest BCUT2D eigenvalue weighted by Crippen LogP contribution is 2.37. The number of anilines is 1. The molecule has 4 aromatic heterocycles. The van der Waals surface area contributed by atoms with Crippen molar-refractivity contribution in [2.75, 3.05) is 44.8 Å². The maximum atomic E-state index is 12.5. The third-order valence-electron chi connectivity index (χ3n) is 9.56. The second-order valence-corrected chi connectivity index (χ2v) is 14.0. The van der Waals surface area contributed by atoms with Crippen LogP contribution in [0.1, 0.15) is 51.2 Å². The Labute approximate surface area is 280 Å². The van der Waals surface area contributed by atoms with E-state index in [2.05, 4.69) is 44.2 Å². The van der Waals surface area contributed by atoms with Crippen molar-refractivity contribution in [2.45, 2.75) is 64.3 Å². The van der Waals surface area contributed by atoms with Crippen LogP contribution in [0.25, 0.3) is 16.6 Å². The highest BCUT2D eigenvalue weighted by atomic mass is 16.6. The van der Waals surface area contributed by atoms with Crippen molar-refractivity contribution in [3.63, 3.8) is 0 Å². The topological polar surface area (TPSA) is 121 Å². The van der Waals surface area contributed by atoms with E-state index in [4.69, 9.17) is 19.2 Å². The molecular formula is C36H42N8O4. The van der Waals surface area contributed by atoms with Gasteiger partial charge in [-0.15, -0.1) is 0 Å². The maximum absolute atomic E-state index is 12.5. The summed E-state index contributed by atoms with van der Waals surface area (Å²) in [6.07, 6.45) is 9.82. The Morgan fingerprint density at radius 2 is 1.83 bits per heavy atom. The average molecular weight is 651 g/mol. The SMILES string of the molecule is COc1ccc(CN2C3CC2CN(c2ccc(-c4cc(OCC5CCN(C(=O)OC(C)(C)C)CC5)cn5ncc(C#N)c45)cn2)C3)cn1. The first kappa shape index (κ1) is 31.7. The molecule has 250 valence electrons. The van der Waals surface area contributed by atoms with Crippen molar-refractivity contribution in [2.24, 2.45) is 5.92 Å². The number of fused-ring (bicyclic) bond motifs is 3. The van der Waals surface area contributed by atoms with Crippen LogP contribution in [0.5, 0.6) is 11.6 Å². The Morgan fingerprint density at radius 3 is 2.48 bits per heavy atom. The fraction of sp³-hybridized carbons (Fsp3) is 0.472. The summed E-state index contributed by atoms with van der Waals surface area (Å²) in [4.78, 5) is 28.4. The van der Waals surface area contributed by atoms with Crippen LogP contribution in [0.3, 0.4) is 0 Å². The van der Waals surface area contributed by atoms with Crippen LogP contribution in [0.2, 0.25) is 0 Å². The number of methoxy groups -OCH3 is 1. The summed E-state index contributed by atoms with van der Waals surface area (Å²) in [7, 11) is 1.63. The lowest BCUT2D eigenvalue weighted by atomic mass is 9.87. The monoisotopic (exact) mass is 650 g/mol. The molecule has 4 aliphatic heterocycles. The van der Waals surface area contributed by atoms with E-state index in [0.29, 0.717) is 54.9 Å². The maximum Gasteiger partial charge on any atom is 0.410 e. The van der Waals surface area contributed by atoms with Crippen molar-refractivity contribution in [1.82, 2.24) is 29.4 Å². The van der Waals surface area contributed by atoms with Crippen molar-refractivity contribution in [3.8, 4) is 28.8 Å². The van der Waals surface area contributed by atoms with Crippen molar-refractivity contribution in [3.05, 3.63) is 66.2 Å². The van der Waals surface area contributed by atoms with Crippen LogP contribution in [0, 0.1) is 17.2 Å². The fourth-order valence-electron chi connectivity index (χ4n) is 7.00. The molecule has 12 heteroatoms. The van der Waals surface area contributed by atoms with Crippen LogP contribution < -0.4 is 14.4 Å². The molecule has 0 radical (unpaired) electrons. The molecular weight excluding hydrogens is 608 g/mol. The van der Waals surface area contributed by atoms with Gasteiger partial charge in [-0.05, 0) is 69.7 Å². The van der Waals surface area contributed by atoms with Gasteiger partial charge in [-0.2, -0.15) is 10.4 Å². The summed E-state index contributed by atoms with van der Waals surface area (Å²) in [6.45, 7) is 10.2. The number of piperidine rings is 2. The van der Waals surface area contributed by atoms with Gasteiger partial charge in [0.15, 0.2) is 0 Å². The molecule has 1 amide bonds. The molecule has 4 aromatic rings. The van der Waals surface area contributed by atoms with Gasteiger partial charge in [0.2, 0.25) is 5.88 Å². The second-order valence-electron chi connectivity index (χ2n) is 14.0. The van der Waals surface area contributed by atoms with E-state index in [1.807, 2.05) is 51.5 Å². The minimum atomic E-state index is -0.506. The number of rotatable bonds is 8. The van der Waals surface area contributed by atoms with Crippen molar-refractivity contribution < 1.29 is 19.0 Å².